The molecule has 1 aromatic carbocycles. The summed E-state index contributed by atoms with van der Waals surface area (Å²) in [7, 11) is -6.36. The summed E-state index contributed by atoms with van der Waals surface area (Å²) < 4.78 is 51.6. The van der Waals surface area contributed by atoms with Crippen LogP contribution in [0.15, 0.2) is 59.3 Å². The molecule has 10 nitrogen and oxygen atoms in total. The van der Waals surface area contributed by atoms with Crippen molar-refractivity contribution in [2.24, 2.45) is 0 Å². The van der Waals surface area contributed by atoms with Crippen LogP contribution in [0.4, 0.5) is 5.82 Å². The van der Waals surface area contributed by atoms with Crippen LogP contribution in [0.25, 0.3) is 5.76 Å². The zero-order chi connectivity index (χ0) is 21.1. The average molecular weight is 427 g/mol. The van der Waals surface area contributed by atoms with Crippen LogP contribution in [0.5, 0.6) is 0 Å². The van der Waals surface area contributed by atoms with Crippen molar-refractivity contribution < 1.29 is 31.3 Å². The predicted octanol–water partition coefficient (Wildman–Crippen LogP) is 1.08. The monoisotopic (exact) mass is 427 g/mol. The number of fused-ring (bicyclic) bond motifs is 1. The lowest BCUT2D eigenvalue weighted by atomic mass is 10.1. The molecule has 1 aromatic heterocycles. The Morgan fingerprint density at radius 1 is 1.14 bits per heavy atom. The van der Waals surface area contributed by atoms with Gasteiger partial charge >= 0.3 is 0 Å². The number of benzene rings is 1. The Hall–Kier alpha value is -2.96. The SMILES string of the molecule is CN1C(C(=O)Nc2ccccn2)=C(O)c2ccccc2S1(=O)=O.CS(=O)(=O)O. The molecule has 150 valence electrons. The number of aliphatic hydroxyl groups excluding tert-OH is 1. The minimum absolute atomic E-state index is 0.0469. The highest BCUT2D eigenvalue weighted by Crippen LogP contribution is 2.34. The third-order valence-electron chi connectivity index (χ3n) is 3.44. The maximum absolute atomic E-state index is 12.5. The van der Waals surface area contributed by atoms with Gasteiger partial charge in [0.15, 0.2) is 11.5 Å². The molecule has 2 heterocycles. The molecule has 0 fully saturated rings. The second-order valence-electron chi connectivity index (χ2n) is 5.57. The summed E-state index contributed by atoms with van der Waals surface area (Å²) in [5.41, 5.74) is -0.258. The van der Waals surface area contributed by atoms with Crippen molar-refractivity contribution in [2.75, 3.05) is 18.6 Å². The molecule has 0 atom stereocenters. The third-order valence-corrected chi connectivity index (χ3v) is 5.26. The minimum atomic E-state index is -3.91. The topological polar surface area (TPSA) is 154 Å². The van der Waals surface area contributed by atoms with Crippen LogP contribution in [-0.4, -0.2) is 55.0 Å². The second kappa shape index (κ2) is 7.96. The quantitative estimate of drug-likeness (QED) is 0.602. The van der Waals surface area contributed by atoms with Gasteiger partial charge in [-0.3, -0.25) is 13.7 Å². The smallest absolute Gasteiger partial charge is 0.277 e. The number of carbonyl (C=O) groups is 1. The lowest BCUT2D eigenvalue weighted by molar-refractivity contribution is -0.113. The molecule has 0 radical (unpaired) electrons. The Labute approximate surface area is 161 Å². The van der Waals surface area contributed by atoms with E-state index in [1.54, 1.807) is 30.3 Å². The van der Waals surface area contributed by atoms with E-state index in [0.717, 1.165) is 4.31 Å². The zero-order valence-corrected chi connectivity index (χ0v) is 16.4. The first-order chi connectivity index (χ1) is 12.9. The first kappa shape index (κ1) is 21.3. The molecule has 3 rings (SSSR count). The van der Waals surface area contributed by atoms with Crippen LogP contribution in [0.3, 0.4) is 0 Å². The Balaban J connectivity index is 0.000000500. The van der Waals surface area contributed by atoms with Crippen molar-refractivity contribution in [3.63, 3.8) is 0 Å². The summed E-state index contributed by atoms with van der Waals surface area (Å²) in [6.07, 6.45) is 2.20. The molecule has 0 bridgehead atoms. The van der Waals surface area contributed by atoms with E-state index in [1.807, 2.05) is 0 Å². The van der Waals surface area contributed by atoms with Gasteiger partial charge in [0, 0.05) is 18.8 Å². The first-order valence-corrected chi connectivity index (χ1v) is 10.9. The van der Waals surface area contributed by atoms with Crippen LogP contribution < -0.4 is 5.32 Å². The van der Waals surface area contributed by atoms with Gasteiger partial charge in [-0.05, 0) is 24.3 Å². The maximum Gasteiger partial charge on any atom is 0.277 e. The summed E-state index contributed by atoms with van der Waals surface area (Å²) in [5, 5.41) is 12.8. The third kappa shape index (κ3) is 4.85. The van der Waals surface area contributed by atoms with E-state index in [4.69, 9.17) is 4.55 Å². The Kier molecular flexibility index (Phi) is 6.07. The highest BCUT2D eigenvalue weighted by molar-refractivity contribution is 7.89. The Morgan fingerprint density at radius 2 is 1.71 bits per heavy atom. The van der Waals surface area contributed by atoms with Crippen molar-refractivity contribution in [3.05, 3.63) is 59.9 Å². The van der Waals surface area contributed by atoms with E-state index in [2.05, 4.69) is 10.3 Å². The van der Waals surface area contributed by atoms with Crippen molar-refractivity contribution >= 4 is 37.6 Å². The summed E-state index contributed by atoms with van der Waals surface area (Å²) in [5.74, 6) is -0.907. The minimum Gasteiger partial charge on any atom is -0.505 e. The fraction of sp³-hybridized carbons (Fsp3) is 0.125. The van der Waals surface area contributed by atoms with E-state index >= 15 is 0 Å². The summed E-state index contributed by atoms with van der Waals surface area (Å²) in [6.45, 7) is 0. The van der Waals surface area contributed by atoms with Crippen LogP contribution in [0, 0.1) is 0 Å². The molecule has 0 saturated heterocycles. The molecular formula is C16H17N3O7S2. The average Bonchev–Trinajstić information content (AvgIpc) is 2.60. The molecule has 1 aliphatic rings. The molecular weight excluding hydrogens is 410 g/mol. The van der Waals surface area contributed by atoms with Gasteiger partial charge in [-0.2, -0.15) is 8.42 Å². The number of hydrogen-bond donors (Lipinski definition) is 3. The van der Waals surface area contributed by atoms with Gasteiger partial charge in [0.1, 0.15) is 5.82 Å². The van der Waals surface area contributed by atoms with E-state index < -0.39 is 31.8 Å². The van der Waals surface area contributed by atoms with Crippen LogP contribution in [0.1, 0.15) is 5.56 Å². The number of rotatable bonds is 2. The number of anilines is 1. The lowest BCUT2D eigenvalue weighted by Gasteiger charge is -2.28. The largest absolute Gasteiger partial charge is 0.505 e. The van der Waals surface area contributed by atoms with Crippen molar-refractivity contribution in [1.29, 1.82) is 0 Å². The number of pyridine rings is 1. The molecule has 2 aromatic rings. The standard InChI is InChI=1S/C15H13N3O4S.CH4O3S/c1-18-13(15(20)17-12-8-4-5-9-16-12)14(19)10-6-2-3-7-11(10)23(18,21)22;1-5(2,3)4/h2-9,19H,1H3,(H,16,17,20);1H3,(H,2,3,4). The normalized spacial score (nSPS) is 15.2. The molecule has 0 unspecified atom stereocenters. The molecule has 1 amide bonds. The van der Waals surface area contributed by atoms with E-state index in [0.29, 0.717) is 6.26 Å². The number of nitrogens with one attached hydrogen (secondary N) is 1. The van der Waals surface area contributed by atoms with Gasteiger partial charge in [0.25, 0.3) is 26.0 Å². The molecule has 0 spiro atoms. The Morgan fingerprint density at radius 3 is 2.29 bits per heavy atom. The number of aromatic nitrogens is 1. The molecule has 3 N–H and O–H groups in total. The van der Waals surface area contributed by atoms with Gasteiger partial charge < -0.3 is 10.4 Å². The van der Waals surface area contributed by atoms with Gasteiger partial charge in [-0.25, -0.2) is 13.4 Å². The predicted molar refractivity (Wildman–Crippen MR) is 101 cm³/mol. The number of likely N-dealkylation sites (N-methyl/N-ethyl adjacent to an activating group) is 1. The van der Waals surface area contributed by atoms with Crippen LogP contribution in [0.2, 0.25) is 0 Å². The van der Waals surface area contributed by atoms with E-state index in [1.165, 1.54) is 25.4 Å². The molecule has 0 saturated carbocycles. The summed E-state index contributed by atoms with van der Waals surface area (Å²) in [6, 6.07) is 10.9. The number of carbonyl (C=O) groups excluding carboxylic acids is 1. The number of aliphatic hydroxyl groups is 1. The highest BCUT2D eigenvalue weighted by atomic mass is 32.2. The number of sulfonamides is 1. The molecule has 1 aliphatic heterocycles. The van der Waals surface area contributed by atoms with Gasteiger partial charge in [0.2, 0.25) is 0 Å². The van der Waals surface area contributed by atoms with Gasteiger partial charge in [-0.15, -0.1) is 0 Å². The lowest BCUT2D eigenvalue weighted by Crippen LogP contribution is -2.37. The van der Waals surface area contributed by atoms with E-state index in [-0.39, 0.29) is 22.0 Å². The van der Waals surface area contributed by atoms with Crippen molar-refractivity contribution in [1.82, 2.24) is 9.29 Å². The fourth-order valence-electron chi connectivity index (χ4n) is 2.29. The molecule has 28 heavy (non-hydrogen) atoms. The number of hydrogen-bond acceptors (Lipinski definition) is 7. The fourth-order valence-corrected chi connectivity index (χ4v) is 3.69. The maximum atomic E-state index is 12.5. The van der Waals surface area contributed by atoms with Gasteiger partial charge in [0.05, 0.1) is 11.2 Å². The van der Waals surface area contributed by atoms with Crippen LogP contribution >= 0.6 is 0 Å². The second-order valence-corrected chi connectivity index (χ2v) is 8.97. The summed E-state index contributed by atoms with van der Waals surface area (Å²) in [4.78, 5) is 16.3. The summed E-state index contributed by atoms with van der Waals surface area (Å²) >= 11 is 0. The Bertz CT molecular complexity index is 1120. The van der Waals surface area contributed by atoms with Crippen molar-refractivity contribution in [3.8, 4) is 0 Å². The number of nitrogens with zero attached hydrogens (tertiary/aromatic N) is 2. The van der Waals surface area contributed by atoms with Gasteiger partial charge in [-0.1, -0.05) is 18.2 Å². The molecule has 0 aliphatic carbocycles. The highest BCUT2D eigenvalue weighted by Gasteiger charge is 2.37. The molecule has 12 heteroatoms. The first-order valence-electron chi connectivity index (χ1n) is 7.59. The number of amides is 1. The van der Waals surface area contributed by atoms with Crippen LogP contribution in [-0.2, 0) is 24.9 Å². The zero-order valence-electron chi connectivity index (χ0n) is 14.8. The van der Waals surface area contributed by atoms with Crippen molar-refractivity contribution in [2.45, 2.75) is 4.90 Å². The van der Waals surface area contributed by atoms with E-state index in [9.17, 15) is 26.7 Å².